The van der Waals surface area contributed by atoms with E-state index in [-0.39, 0.29) is 0 Å². The molecular formula is C30H22N2O. The second kappa shape index (κ2) is 9.33. The Balaban J connectivity index is 1.54. The zero-order chi connectivity index (χ0) is 22.5. The van der Waals surface area contributed by atoms with Gasteiger partial charge in [-0.05, 0) is 82.9 Å². The van der Waals surface area contributed by atoms with E-state index in [4.69, 9.17) is 0 Å². The Morgan fingerprint density at radius 3 is 1.39 bits per heavy atom. The maximum atomic E-state index is 11.2. The van der Waals surface area contributed by atoms with Crippen molar-refractivity contribution in [2.75, 3.05) is 4.90 Å². The molecule has 0 aliphatic carbocycles. The van der Waals surface area contributed by atoms with Crippen LogP contribution in [0.3, 0.4) is 0 Å². The van der Waals surface area contributed by atoms with Crippen LogP contribution in [0.15, 0.2) is 128 Å². The van der Waals surface area contributed by atoms with Crippen molar-refractivity contribution in [3.05, 3.63) is 133 Å². The van der Waals surface area contributed by atoms with Crippen LogP contribution in [0.4, 0.5) is 17.1 Å². The van der Waals surface area contributed by atoms with Gasteiger partial charge in [-0.1, -0.05) is 54.6 Å². The van der Waals surface area contributed by atoms with E-state index < -0.39 is 0 Å². The summed E-state index contributed by atoms with van der Waals surface area (Å²) >= 11 is 0. The smallest absolute Gasteiger partial charge is 0.150 e. The SMILES string of the molecule is O=Cc1ccc(N(c2ccc(-c3ccccc3)cc2)c2ccc(-c3ccncc3)cc2)cc1. The number of carbonyl (C=O) groups excluding carboxylic acids is 1. The minimum absolute atomic E-state index is 0.658. The molecule has 0 amide bonds. The molecule has 5 aromatic rings. The standard InChI is InChI=1S/C30H22N2O/c33-22-23-6-12-28(13-7-23)32(29-14-8-25(9-15-29)24-4-2-1-3-5-24)30-16-10-26(11-17-30)27-18-20-31-21-19-27/h1-22H. The van der Waals surface area contributed by atoms with Crippen LogP contribution in [0, 0.1) is 0 Å². The van der Waals surface area contributed by atoms with Crippen molar-refractivity contribution in [1.82, 2.24) is 4.98 Å². The normalized spacial score (nSPS) is 10.5. The third-order valence-corrected chi connectivity index (χ3v) is 5.66. The third-order valence-electron chi connectivity index (χ3n) is 5.66. The van der Waals surface area contributed by atoms with E-state index in [2.05, 4.69) is 82.7 Å². The number of hydrogen-bond donors (Lipinski definition) is 0. The zero-order valence-electron chi connectivity index (χ0n) is 18.0. The Morgan fingerprint density at radius 1 is 0.485 bits per heavy atom. The first-order valence-corrected chi connectivity index (χ1v) is 10.8. The molecule has 0 saturated carbocycles. The summed E-state index contributed by atoms with van der Waals surface area (Å²) in [6, 6.07) is 39.0. The summed E-state index contributed by atoms with van der Waals surface area (Å²) in [7, 11) is 0. The predicted octanol–water partition coefficient (Wildman–Crippen LogP) is 7.70. The van der Waals surface area contributed by atoms with Gasteiger partial charge < -0.3 is 4.90 Å². The molecule has 33 heavy (non-hydrogen) atoms. The van der Waals surface area contributed by atoms with Gasteiger partial charge >= 0.3 is 0 Å². The van der Waals surface area contributed by atoms with Gasteiger partial charge in [0, 0.05) is 35.0 Å². The van der Waals surface area contributed by atoms with Crippen molar-refractivity contribution in [1.29, 1.82) is 0 Å². The Hall–Kier alpha value is -4.50. The van der Waals surface area contributed by atoms with Crippen LogP contribution < -0.4 is 4.90 Å². The van der Waals surface area contributed by atoms with Gasteiger partial charge in [0.1, 0.15) is 6.29 Å². The highest BCUT2D eigenvalue weighted by molar-refractivity contribution is 5.82. The van der Waals surface area contributed by atoms with Crippen LogP contribution in [0.2, 0.25) is 0 Å². The maximum Gasteiger partial charge on any atom is 0.150 e. The molecule has 0 spiro atoms. The molecule has 0 unspecified atom stereocenters. The number of hydrogen-bond acceptors (Lipinski definition) is 3. The van der Waals surface area contributed by atoms with Crippen LogP contribution >= 0.6 is 0 Å². The molecule has 158 valence electrons. The number of aldehydes is 1. The summed E-state index contributed by atoms with van der Waals surface area (Å²) in [5.74, 6) is 0. The first-order chi connectivity index (χ1) is 16.3. The summed E-state index contributed by atoms with van der Waals surface area (Å²) in [6.45, 7) is 0. The summed E-state index contributed by atoms with van der Waals surface area (Å²) in [5.41, 5.74) is 8.36. The minimum atomic E-state index is 0.658. The monoisotopic (exact) mass is 426 g/mol. The quantitative estimate of drug-likeness (QED) is 0.261. The molecule has 0 N–H and O–H groups in total. The lowest BCUT2D eigenvalue weighted by atomic mass is 10.0. The van der Waals surface area contributed by atoms with Crippen molar-refractivity contribution in [3.63, 3.8) is 0 Å². The summed E-state index contributed by atoms with van der Waals surface area (Å²) in [6.07, 6.45) is 4.48. The fourth-order valence-electron chi connectivity index (χ4n) is 3.93. The van der Waals surface area contributed by atoms with E-state index in [1.165, 1.54) is 11.1 Å². The molecule has 0 saturated heterocycles. The van der Waals surface area contributed by atoms with E-state index in [0.29, 0.717) is 5.56 Å². The molecule has 4 aromatic carbocycles. The number of carbonyl (C=O) groups is 1. The van der Waals surface area contributed by atoms with E-state index in [1.54, 1.807) is 12.4 Å². The molecule has 0 aliphatic heterocycles. The summed E-state index contributed by atoms with van der Waals surface area (Å²) < 4.78 is 0. The first kappa shape index (κ1) is 20.4. The molecule has 3 heteroatoms. The molecular weight excluding hydrogens is 404 g/mol. The van der Waals surface area contributed by atoms with Crippen molar-refractivity contribution >= 4 is 23.3 Å². The Morgan fingerprint density at radius 2 is 0.909 bits per heavy atom. The largest absolute Gasteiger partial charge is 0.311 e. The lowest BCUT2D eigenvalue weighted by molar-refractivity contribution is 0.112. The molecule has 0 aliphatic rings. The minimum Gasteiger partial charge on any atom is -0.311 e. The molecule has 0 fully saturated rings. The lowest BCUT2D eigenvalue weighted by Gasteiger charge is -2.26. The molecule has 5 rings (SSSR count). The van der Waals surface area contributed by atoms with Crippen LogP contribution in [-0.4, -0.2) is 11.3 Å². The van der Waals surface area contributed by atoms with E-state index in [0.717, 1.165) is 34.5 Å². The molecule has 1 heterocycles. The molecule has 0 atom stereocenters. The predicted molar refractivity (Wildman–Crippen MR) is 135 cm³/mol. The number of benzene rings is 4. The van der Waals surface area contributed by atoms with Crippen molar-refractivity contribution in [2.45, 2.75) is 0 Å². The van der Waals surface area contributed by atoms with E-state index in [1.807, 2.05) is 42.5 Å². The van der Waals surface area contributed by atoms with Gasteiger partial charge in [0.25, 0.3) is 0 Å². The highest BCUT2D eigenvalue weighted by Gasteiger charge is 2.13. The fourth-order valence-corrected chi connectivity index (χ4v) is 3.93. The Bertz CT molecular complexity index is 1250. The fraction of sp³-hybridized carbons (Fsp3) is 0. The van der Waals surface area contributed by atoms with E-state index >= 15 is 0 Å². The zero-order valence-corrected chi connectivity index (χ0v) is 18.0. The number of rotatable bonds is 6. The lowest BCUT2D eigenvalue weighted by Crippen LogP contribution is -2.09. The highest BCUT2D eigenvalue weighted by atomic mass is 16.1. The molecule has 0 radical (unpaired) electrons. The van der Waals surface area contributed by atoms with Gasteiger partial charge in [0.05, 0.1) is 0 Å². The molecule has 3 nitrogen and oxygen atoms in total. The van der Waals surface area contributed by atoms with Gasteiger partial charge in [0.2, 0.25) is 0 Å². The molecule has 1 aromatic heterocycles. The number of anilines is 3. The van der Waals surface area contributed by atoms with Crippen LogP contribution in [-0.2, 0) is 0 Å². The van der Waals surface area contributed by atoms with Gasteiger partial charge in [-0.25, -0.2) is 0 Å². The van der Waals surface area contributed by atoms with E-state index in [9.17, 15) is 4.79 Å². The average Bonchev–Trinajstić information content (AvgIpc) is 2.91. The number of pyridine rings is 1. The third kappa shape index (κ3) is 4.43. The van der Waals surface area contributed by atoms with Crippen LogP contribution in [0.25, 0.3) is 22.3 Å². The van der Waals surface area contributed by atoms with Gasteiger partial charge in [-0.2, -0.15) is 0 Å². The topological polar surface area (TPSA) is 33.2 Å². The second-order valence-corrected chi connectivity index (χ2v) is 7.74. The van der Waals surface area contributed by atoms with Crippen LogP contribution in [0.5, 0.6) is 0 Å². The van der Waals surface area contributed by atoms with Gasteiger partial charge in [0.15, 0.2) is 0 Å². The summed E-state index contributed by atoms with van der Waals surface area (Å²) in [4.78, 5) is 17.5. The highest BCUT2D eigenvalue weighted by Crippen LogP contribution is 2.36. The van der Waals surface area contributed by atoms with Gasteiger partial charge in [-0.15, -0.1) is 0 Å². The van der Waals surface area contributed by atoms with Crippen molar-refractivity contribution in [3.8, 4) is 22.3 Å². The first-order valence-electron chi connectivity index (χ1n) is 10.8. The van der Waals surface area contributed by atoms with Crippen molar-refractivity contribution < 1.29 is 4.79 Å². The summed E-state index contributed by atoms with van der Waals surface area (Å²) in [5, 5.41) is 0. The Labute approximate surface area is 193 Å². The number of aromatic nitrogens is 1. The van der Waals surface area contributed by atoms with Gasteiger partial charge in [-0.3, -0.25) is 9.78 Å². The molecule has 0 bridgehead atoms. The van der Waals surface area contributed by atoms with Crippen molar-refractivity contribution in [2.24, 2.45) is 0 Å². The maximum absolute atomic E-state index is 11.2. The Kier molecular flexibility index (Phi) is 5.77. The van der Waals surface area contributed by atoms with Crippen LogP contribution in [0.1, 0.15) is 10.4 Å². The second-order valence-electron chi connectivity index (χ2n) is 7.74. The number of nitrogens with zero attached hydrogens (tertiary/aromatic N) is 2. The average molecular weight is 427 g/mol.